The second-order valence-corrected chi connectivity index (χ2v) is 12.2. The van der Waals surface area contributed by atoms with Crippen LogP contribution in [0.25, 0.3) is 0 Å². The minimum absolute atomic E-state index is 0.0636. The summed E-state index contributed by atoms with van der Waals surface area (Å²) in [5, 5.41) is 10.8. The average Bonchev–Trinajstić information content (AvgIpc) is 3.02. The highest BCUT2D eigenvalue weighted by Gasteiger charge is 2.43. The summed E-state index contributed by atoms with van der Waals surface area (Å²) in [6, 6.07) is 16.2. The first kappa shape index (κ1) is 24.8. The fourth-order valence-corrected chi connectivity index (χ4v) is 6.53. The van der Waals surface area contributed by atoms with Crippen LogP contribution in [0.5, 0.6) is 0 Å². The molecule has 2 aromatic carbocycles. The number of nitrogens with one attached hydrogen (secondary N) is 1. The van der Waals surface area contributed by atoms with E-state index < -0.39 is 10.1 Å². The van der Waals surface area contributed by atoms with Crippen LogP contribution in [0.4, 0.5) is 11.4 Å². The predicted octanol–water partition coefficient (Wildman–Crippen LogP) is 3.45. The molecule has 2 saturated heterocycles. The fraction of sp³-hybridized carbons (Fsp3) is 0.500. The van der Waals surface area contributed by atoms with Crippen LogP contribution in [0.1, 0.15) is 39.0 Å². The molecule has 2 fully saturated rings. The third-order valence-electron chi connectivity index (χ3n) is 6.81. The molecule has 3 aliphatic heterocycles. The first-order chi connectivity index (χ1) is 15.7. The Hall–Kier alpha value is -1.29. The number of para-hydroxylation sites is 1. The molecule has 6 nitrogen and oxygen atoms in total. The lowest BCUT2D eigenvalue weighted by Gasteiger charge is -2.36. The van der Waals surface area contributed by atoms with Crippen molar-refractivity contribution in [1.29, 1.82) is 0 Å². The van der Waals surface area contributed by atoms with Crippen molar-refractivity contribution in [2.75, 3.05) is 23.7 Å². The van der Waals surface area contributed by atoms with Crippen LogP contribution in [-0.4, -0.2) is 55.1 Å². The molecule has 0 amide bonds. The maximum atomic E-state index is 10.0. The van der Waals surface area contributed by atoms with Crippen molar-refractivity contribution >= 4 is 44.9 Å². The molecule has 0 spiro atoms. The molecule has 2 atom stereocenters. The molecule has 5 rings (SSSR count). The van der Waals surface area contributed by atoms with Crippen molar-refractivity contribution in [3.8, 4) is 0 Å². The van der Waals surface area contributed by atoms with Gasteiger partial charge < -0.3 is 19.5 Å². The lowest BCUT2D eigenvalue weighted by atomic mass is 10.00. The van der Waals surface area contributed by atoms with Crippen molar-refractivity contribution in [3.05, 3.63) is 47.5 Å². The van der Waals surface area contributed by atoms with E-state index in [0.717, 1.165) is 30.8 Å². The Balaban J connectivity index is 0.000000385. The molecule has 2 unspecified atom stereocenters. The predicted molar refractivity (Wildman–Crippen MR) is 132 cm³/mol. The van der Waals surface area contributed by atoms with E-state index in [1.807, 2.05) is 17.8 Å². The van der Waals surface area contributed by atoms with Gasteiger partial charge in [0, 0.05) is 59.2 Å². The van der Waals surface area contributed by atoms with E-state index in [0.29, 0.717) is 12.1 Å². The summed E-state index contributed by atoms with van der Waals surface area (Å²) >= 11 is 8.16. The van der Waals surface area contributed by atoms with E-state index in [1.165, 1.54) is 47.5 Å². The first-order valence-corrected chi connectivity index (χ1v) is 14.3. The number of piperidine rings is 1. The lowest BCUT2D eigenvalue weighted by Crippen LogP contribution is -3.18. The van der Waals surface area contributed by atoms with Crippen LogP contribution in [0, 0.1) is 0 Å². The number of aliphatic hydroxyl groups is 1. The Morgan fingerprint density at radius 2 is 1.76 bits per heavy atom. The normalized spacial score (nSPS) is 25.6. The van der Waals surface area contributed by atoms with Gasteiger partial charge in [-0.05, 0) is 30.3 Å². The molecule has 180 valence electrons. The van der Waals surface area contributed by atoms with E-state index in [2.05, 4.69) is 41.3 Å². The molecular formula is C24H31ClN2O4S2. The van der Waals surface area contributed by atoms with Gasteiger partial charge in [0.2, 0.25) is 0 Å². The van der Waals surface area contributed by atoms with Crippen LogP contribution in [0.15, 0.2) is 52.3 Å². The number of nitrogens with zero attached hydrogens (tertiary/aromatic N) is 1. The van der Waals surface area contributed by atoms with Crippen LogP contribution in [-0.2, 0) is 10.1 Å². The zero-order valence-electron chi connectivity index (χ0n) is 18.7. The minimum Gasteiger partial charge on any atom is -0.748 e. The molecule has 3 aliphatic rings. The summed E-state index contributed by atoms with van der Waals surface area (Å²) in [4.78, 5) is 6.80. The summed E-state index contributed by atoms with van der Waals surface area (Å²) in [6.07, 6.45) is 5.66. The molecule has 2 N–H and O–H groups in total. The van der Waals surface area contributed by atoms with Gasteiger partial charge in [0.1, 0.15) is 0 Å². The zero-order chi connectivity index (χ0) is 23.6. The topological polar surface area (TPSA) is 85.1 Å². The highest BCUT2D eigenvalue weighted by atomic mass is 35.5. The maximum absolute atomic E-state index is 10.0. The van der Waals surface area contributed by atoms with Gasteiger partial charge in [0.25, 0.3) is 0 Å². The van der Waals surface area contributed by atoms with Crippen LogP contribution < -0.4 is 9.80 Å². The Bertz CT molecular complexity index is 1070. The molecule has 0 radical (unpaired) electrons. The highest BCUT2D eigenvalue weighted by molar-refractivity contribution is 7.99. The number of halogens is 1. The van der Waals surface area contributed by atoms with Crippen LogP contribution >= 0.6 is 23.4 Å². The van der Waals surface area contributed by atoms with Gasteiger partial charge in [0.15, 0.2) is 0 Å². The average molecular weight is 511 g/mol. The van der Waals surface area contributed by atoms with E-state index >= 15 is 0 Å². The summed E-state index contributed by atoms with van der Waals surface area (Å²) in [7, 11) is -3.91. The van der Waals surface area contributed by atoms with Crippen molar-refractivity contribution in [2.24, 2.45) is 0 Å². The maximum Gasteiger partial charge on any atom is 0.0943 e. The van der Waals surface area contributed by atoms with Gasteiger partial charge in [0.05, 0.1) is 46.2 Å². The number of anilines is 2. The third kappa shape index (κ3) is 6.05. The number of benzene rings is 2. The van der Waals surface area contributed by atoms with E-state index in [1.54, 1.807) is 4.90 Å². The van der Waals surface area contributed by atoms with Crippen LogP contribution in [0.3, 0.4) is 0 Å². The Labute approximate surface area is 205 Å². The number of hydrogen-bond acceptors (Lipinski definition) is 6. The third-order valence-corrected chi connectivity index (χ3v) is 8.89. The van der Waals surface area contributed by atoms with Gasteiger partial charge >= 0.3 is 0 Å². The monoisotopic (exact) mass is 510 g/mol. The van der Waals surface area contributed by atoms with E-state index in [4.69, 9.17) is 11.6 Å². The molecular weight excluding hydrogens is 480 g/mol. The van der Waals surface area contributed by atoms with Gasteiger partial charge in [-0.2, -0.15) is 0 Å². The summed E-state index contributed by atoms with van der Waals surface area (Å²) in [5.74, 6) is -0.312. The summed E-state index contributed by atoms with van der Waals surface area (Å²) in [5.41, 5.74) is 2.53. The Morgan fingerprint density at radius 3 is 2.42 bits per heavy atom. The van der Waals surface area contributed by atoms with Crippen molar-refractivity contribution in [3.63, 3.8) is 0 Å². The smallest absolute Gasteiger partial charge is 0.0943 e. The first-order valence-electron chi connectivity index (χ1n) is 11.6. The second-order valence-electron chi connectivity index (χ2n) is 8.95. The molecule has 33 heavy (non-hydrogen) atoms. The lowest BCUT2D eigenvalue weighted by molar-refractivity contribution is -0.942. The molecule has 0 aromatic heterocycles. The zero-order valence-corrected chi connectivity index (χ0v) is 21.1. The number of aliphatic hydroxyl groups excluding tert-OH is 1. The highest BCUT2D eigenvalue weighted by Crippen LogP contribution is 2.48. The van der Waals surface area contributed by atoms with Gasteiger partial charge in [-0.3, -0.25) is 0 Å². The second kappa shape index (κ2) is 10.5. The Morgan fingerprint density at radius 1 is 1.12 bits per heavy atom. The minimum atomic E-state index is -3.91. The van der Waals surface area contributed by atoms with Gasteiger partial charge in [-0.25, -0.2) is 8.42 Å². The fourth-order valence-electron chi connectivity index (χ4n) is 5.29. The number of quaternary nitrogens is 1. The number of hydrogen-bond donors (Lipinski definition) is 2. The van der Waals surface area contributed by atoms with E-state index in [-0.39, 0.29) is 11.9 Å². The molecule has 3 heterocycles. The van der Waals surface area contributed by atoms with Gasteiger partial charge in [-0.15, -0.1) is 0 Å². The molecule has 9 heteroatoms. The largest absolute Gasteiger partial charge is 0.748 e. The van der Waals surface area contributed by atoms with Crippen molar-refractivity contribution in [2.45, 2.75) is 67.0 Å². The van der Waals surface area contributed by atoms with Crippen molar-refractivity contribution in [1.82, 2.24) is 0 Å². The SMILES string of the molecule is CCS(=O)(=O)[O-].OC1CC2CCC(C1)[NH+]2CCCN1c2ccccc2Sc2ccc(Cl)cc21. The van der Waals surface area contributed by atoms with Crippen molar-refractivity contribution < 1.29 is 23.0 Å². The number of rotatable bonds is 5. The quantitative estimate of drug-likeness (QED) is 0.599. The van der Waals surface area contributed by atoms with E-state index in [9.17, 15) is 18.1 Å². The molecule has 0 aliphatic carbocycles. The molecule has 0 saturated carbocycles. The number of fused-ring (bicyclic) bond motifs is 4. The standard InChI is InChI=1S/C22H25ClN2OS.C2H6O3S/c23-15-6-9-22-20(12-15)25(19-4-1-2-5-21(19)27-22)11-3-10-24-16-7-8-17(24)14-18(26)13-16;1-2-6(3,4)5/h1-2,4-6,9,12,16-18,26H,3,7-8,10-11,13-14H2;2H2,1H3,(H,3,4,5). The molecule has 2 bridgehead atoms. The summed E-state index contributed by atoms with van der Waals surface area (Å²) < 4.78 is 28.3. The Kier molecular flexibility index (Phi) is 7.93. The van der Waals surface area contributed by atoms with Crippen LogP contribution in [0.2, 0.25) is 5.02 Å². The molecule has 2 aromatic rings. The summed E-state index contributed by atoms with van der Waals surface area (Å²) in [6.45, 7) is 3.52. The van der Waals surface area contributed by atoms with Gasteiger partial charge in [-0.1, -0.05) is 42.4 Å².